The monoisotopic (exact) mass is 369 g/mol. The van der Waals surface area contributed by atoms with Crippen LogP contribution in [0.4, 0.5) is 0 Å². The quantitative estimate of drug-likeness (QED) is 0.344. The molecule has 0 aromatic heterocycles. The fourth-order valence-corrected chi connectivity index (χ4v) is 4.74. The third-order valence-electron chi connectivity index (χ3n) is 6.33. The van der Waals surface area contributed by atoms with E-state index in [0.29, 0.717) is 42.1 Å². The van der Waals surface area contributed by atoms with Crippen LogP contribution in [0, 0.1) is 17.8 Å². The van der Waals surface area contributed by atoms with Crippen LogP contribution < -0.4 is 0 Å². The van der Waals surface area contributed by atoms with Crippen molar-refractivity contribution in [1.29, 1.82) is 0 Å². The average Bonchev–Trinajstić information content (AvgIpc) is 3.36. The van der Waals surface area contributed by atoms with Gasteiger partial charge in [-0.2, -0.15) is 0 Å². The van der Waals surface area contributed by atoms with Crippen LogP contribution >= 0.6 is 0 Å². The number of ether oxygens (including phenoxy) is 3. The van der Waals surface area contributed by atoms with Gasteiger partial charge in [0.15, 0.2) is 0 Å². The summed E-state index contributed by atoms with van der Waals surface area (Å²) in [5.74, 6) is 1.44. The van der Waals surface area contributed by atoms with Crippen LogP contribution in [0.5, 0.6) is 0 Å². The first-order valence-corrected chi connectivity index (χ1v) is 10.4. The lowest BCUT2D eigenvalue weighted by Gasteiger charge is -2.28. The van der Waals surface area contributed by atoms with Crippen LogP contribution in [0.3, 0.4) is 0 Å². The van der Waals surface area contributed by atoms with Gasteiger partial charge in [-0.3, -0.25) is 10.0 Å². The summed E-state index contributed by atoms with van der Waals surface area (Å²) in [4.78, 5) is 11.3. The topological polar surface area (TPSA) is 68.2 Å². The minimum atomic E-state index is -0.244. The predicted molar refractivity (Wildman–Crippen MR) is 96.9 cm³/mol. The molecule has 3 aliphatic rings. The highest BCUT2D eigenvalue weighted by atomic mass is 16.5. The van der Waals surface area contributed by atoms with Gasteiger partial charge in [0, 0.05) is 38.5 Å². The van der Waals surface area contributed by atoms with Crippen LogP contribution in [0.2, 0.25) is 0 Å². The largest absolute Gasteiger partial charge is 0.381 e. The van der Waals surface area contributed by atoms with Crippen molar-refractivity contribution in [3.8, 4) is 0 Å². The number of rotatable bonds is 11. The molecular formula is C20H35NO5. The maximum absolute atomic E-state index is 11.3. The fraction of sp³-hybridized carbons (Fsp3) is 0.950. The molecule has 2 aliphatic heterocycles. The molecule has 3 rings (SSSR count). The van der Waals surface area contributed by atoms with Crippen molar-refractivity contribution in [3.63, 3.8) is 0 Å². The molecule has 0 spiro atoms. The van der Waals surface area contributed by atoms with Crippen LogP contribution in [0.1, 0.15) is 57.8 Å². The molecule has 6 nitrogen and oxygen atoms in total. The van der Waals surface area contributed by atoms with Gasteiger partial charge in [-0.05, 0) is 44.4 Å². The van der Waals surface area contributed by atoms with E-state index >= 15 is 0 Å². The summed E-state index contributed by atoms with van der Waals surface area (Å²) in [5.41, 5.74) is 0. The van der Waals surface area contributed by atoms with Crippen LogP contribution in [-0.2, 0) is 19.0 Å². The second kappa shape index (κ2) is 10.0. The maximum atomic E-state index is 11.3. The van der Waals surface area contributed by atoms with E-state index in [0.717, 1.165) is 51.4 Å². The normalized spacial score (nSPS) is 31.0. The molecule has 1 aliphatic carbocycles. The average molecular weight is 370 g/mol. The zero-order valence-corrected chi connectivity index (χ0v) is 16.1. The lowest BCUT2D eigenvalue weighted by molar-refractivity contribution is -0.159. The number of fused-ring (bicyclic) bond motifs is 2. The Morgan fingerprint density at radius 3 is 2.31 bits per heavy atom. The van der Waals surface area contributed by atoms with Gasteiger partial charge in [0.05, 0.1) is 25.4 Å². The highest BCUT2D eigenvalue weighted by Crippen LogP contribution is 2.43. The van der Waals surface area contributed by atoms with E-state index < -0.39 is 0 Å². The maximum Gasteiger partial charge on any atom is 0.245 e. The highest BCUT2D eigenvalue weighted by Gasteiger charge is 2.48. The number of hydrogen-bond acceptors (Lipinski definition) is 5. The number of amides is 1. The molecule has 1 N–H and O–H groups in total. The fourth-order valence-electron chi connectivity index (χ4n) is 4.74. The van der Waals surface area contributed by atoms with Gasteiger partial charge in [0.1, 0.15) is 0 Å². The molecular weight excluding hydrogens is 334 g/mol. The molecule has 1 saturated carbocycles. The standard InChI is InChI=1S/C20H35NO5/c1-21(23)20(22)8-4-5-11-24-13-16-17(19-10-9-18(16)26-19)14-25-12-15-6-2-3-7-15/h15-19,23H,2-14H2,1H3/t16-,17+,18-,19+/m1/s1. The number of carbonyl (C=O) groups excluding carboxylic acids is 1. The minimum Gasteiger partial charge on any atom is -0.381 e. The summed E-state index contributed by atoms with van der Waals surface area (Å²) in [6.07, 6.45) is 10.3. The van der Waals surface area contributed by atoms with E-state index in [1.807, 2.05) is 0 Å². The van der Waals surface area contributed by atoms with Crippen LogP contribution in [0.25, 0.3) is 0 Å². The smallest absolute Gasteiger partial charge is 0.245 e. The first-order chi connectivity index (χ1) is 12.6. The number of hydroxylamine groups is 2. The van der Waals surface area contributed by atoms with Crippen molar-refractivity contribution in [1.82, 2.24) is 5.06 Å². The Bertz CT molecular complexity index is 438. The van der Waals surface area contributed by atoms with Gasteiger partial charge in [-0.1, -0.05) is 12.8 Å². The molecule has 0 unspecified atom stereocenters. The highest BCUT2D eigenvalue weighted by molar-refractivity contribution is 5.74. The first-order valence-electron chi connectivity index (χ1n) is 10.4. The van der Waals surface area contributed by atoms with Crippen LogP contribution in [-0.4, -0.2) is 61.9 Å². The van der Waals surface area contributed by atoms with E-state index in [9.17, 15) is 4.79 Å². The Morgan fingerprint density at radius 2 is 1.65 bits per heavy atom. The number of unbranched alkanes of at least 4 members (excludes halogenated alkanes) is 1. The molecule has 150 valence electrons. The molecule has 0 radical (unpaired) electrons. The summed E-state index contributed by atoms with van der Waals surface area (Å²) in [5, 5.41) is 9.68. The molecule has 2 bridgehead atoms. The van der Waals surface area contributed by atoms with Gasteiger partial charge < -0.3 is 14.2 Å². The molecule has 26 heavy (non-hydrogen) atoms. The van der Waals surface area contributed by atoms with Crippen molar-refractivity contribution in [2.24, 2.45) is 17.8 Å². The van der Waals surface area contributed by atoms with E-state index in [2.05, 4.69) is 0 Å². The third-order valence-corrected chi connectivity index (χ3v) is 6.33. The Kier molecular flexibility index (Phi) is 7.73. The lowest BCUT2D eigenvalue weighted by atomic mass is 9.80. The van der Waals surface area contributed by atoms with Gasteiger partial charge >= 0.3 is 0 Å². The number of nitrogens with zero attached hydrogens (tertiary/aromatic N) is 1. The Hall–Kier alpha value is -0.690. The first kappa shape index (κ1) is 20.1. The zero-order chi connectivity index (χ0) is 18.4. The molecule has 0 aromatic carbocycles. The van der Waals surface area contributed by atoms with E-state index in [1.165, 1.54) is 32.7 Å². The van der Waals surface area contributed by atoms with Crippen molar-refractivity contribution < 1.29 is 24.2 Å². The van der Waals surface area contributed by atoms with Crippen molar-refractivity contribution >= 4 is 5.91 Å². The van der Waals surface area contributed by atoms with Crippen molar-refractivity contribution in [3.05, 3.63) is 0 Å². The summed E-state index contributed by atoms with van der Waals surface area (Å²) in [6.45, 7) is 3.11. The summed E-state index contributed by atoms with van der Waals surface area (Å²) in [6, 6.07) is 0. The second-order valence-electron chi connectivity index (χ2n) is 8.26. The molecule has 2 saturated heterocycles. The number of hydrogen-bond donors (Lipinski definition) is 1. The summed E-state index contributed by atoms with van der Waals surface area (Å²) >= 11 is 0. The van der Waals surface area contributed by atoms with Crippen LogP contribution in [0.15, 0.2) is 0 Å². The van der Waals surface area contributed by atoms with Gasteiger partial charge in [0.25, 0.3) is 0 Å². The van der Waals surface area contributed by atoms with Gasteiger partial charge in [-0.15, -0.1) is 0 Å². The third kappa shape index (κ3) is 5.41. The Morgan fingerprint density at radius 1 is 1.00 bits per heavy atom. The molecule has 6 heteroatoms. The minimum absolute atomic E-state index is 0.244. The Balaban J connectivity index is 1.31. The van der Waals surface area contributed by atoms with Crippen molar-refractivity contribution in [2.75, 3.05) is 33.5 Å². The summed E-state index contributed by atoms with van der Waals surface area (Å²) in [7, 11) is 1.36. The van der Waals surface area contributed by atoms with Gasteiger partial charge in [-0.25, -0.2) is 5.06 Å². The second-order valence-corrected chi connectivity index (χ2v) is 8.26. The lowest BCUT2D eigenvalue weighted by Crippen LogP contribution is -2.34. The van der Waals surface area contributed by atoms with Crippen molar-refractivity contribution in [2.45, 2.75) is 70.0 Å². The van der Waals surface area contributed by atoms with E-state index in [4.69, 9.17) is 19.4 Å². The SMILES string of the molecule is CN(O)C(=O)CCCCOC[C@@H]1[C@H](COCC2CCCC2)[C@@H]2CC[C@H]1O2. The van der Waals surface area contributed by atoms with E-state index in [-0.39, 0.29) is 5.91 Å². The number of carbonyl (C=O) groups is 1. The molecule has 2 heterocycles. The molecule has 4 atom stereocenters. The molecule has 3 fully saturated rings. The summed E-state index contributed by atoms with van der Waals surface area (Å²) < 4.78 is 18.1. The van der Waals surface area contributed by atoms with E-state index in [1.54, 1.807) is 0 Å². The zero-order valence-electron chi connectivity index (χ0n) is 16.1. The predicted octanol–water partition coefficient (Wildman–Crippen LogP) is 3.02. The molecule has 1 amide bonds. The van der Waals surface area contributed by atoms with Gasteiger partial charge in [0.2, 0.25) is 5.91 Å². The molecule has 0 aromatic rings. The Labute approximate surface area is 157 Å².